The molecule has 1 aliphatic rings. The van der Waals surface area contributed by atoms with E-state index < -0.39 is 6.04 Å². The Kier molecular flexibility index (Phi) is 8.46. The van der Waals surface area contributed by atoms with Crippen LogP contribution in [-0.4, -0.2) is 64.9 Å². The number of aromatic nitrogens is 2. The number of hydrogen-bond acceptors (Lipinski definition) is 5. The van der Waals surface area contributed by atoms with Gasteiger partial charge in [0.2, 0.25) is 5.91 Å². The molecule has 3 amide bonds. The Bertz CT molecular complexity index is 1460. The number of amides is 3. The zero-order chi connectivity index (χ0) is 28.2. The van der Waals surface area contributed by atoms with E-state index in [9.17, 15) is 14.0 Å². The summed E-state index contributed by atoms with van der Waals surface area (Å²) in [5.74, 6) is -0.591. The molecule has 40 heavy (non-hydrogen) atoms. The fourth-order valence-corrected chi connectivity index (χ4v) is 6.09. The molecule has 0 aliphatic carbocycles. The van der Waals surface area contributed by atoms with Gasteiger partial charge >= 0.3 is 6.03 Å². The molecule has 5 rings (SSSR count). The molecule has 4 aromatic rings. The third-order valence-corrected chi connectivity index (χ3v) is 8.36. The van der Waals surface area contributed by atoms with Crippen molar-refractivity contribution < 1.29 is 14.0 Å². The number of nitrogens with zero attached hydrogens (tertiary/aromatic N) is 3. The number of piperidine rings is 1. The molecule has 2 aromatic heterocycles. The maximum Gasteiger partial charge on any atom is 0.318 e. The number of benzene rings is 2. The summed E-state index contributed by atoms with van der Waals surface area (Å²) in [5, 5.41) is 9.44. The maximum atomic E-state index is 13.7. The highest BCUT2D eigenvalue weighted by atomic mass is 32.1. The summed E-state index contributed by atoms with van der Waals surface area (Å²) in [6, 6.07) is 13.5. The Morgan fingerprint density at radius 2 is 1.88 bits per heavy atom. The lowest BCUT2D eigenvalue weighted by Crippen LogP contribution is -2.53. The van der Waals surface area contributed by atoms with Crippen molar-refractivity contribution in [1.29, 1.82) is 0 Å². The number of hydrogen-bond donors (Lipinski definition) is 3. The third-order valence-electron chi connectivity index (χ3n) is 7.56. The lowest BCUT2D eigenvalue weighted by atomic mass is 9.89. The van der Waals surface area contributed by atoms with Crippen LogP contribution in [0.3, 0.4) is 0 Å². The average molecular weight is 563 g/mol. The van der Waals surface area contributed by atoms with E-state index >= 15 is 0 Å². The zero-order valence-corrected chi connectivity index (χ0v) is 23.8. The molecule has 0 saturated carbocycles. The molecule has 0 unspecified atom stereocenters. The summed E-state index contributed by atoms with van der Waals surface area (Å²) >= 11 is 1.37. The number of anilines is 1. The summed E-state index contributed by atoms with van der Waals surface area (Å²) in [4.78, 5) is 38.8. The van der Waals surface area contributed by atoms with Crippen LogP contribution in [0.15, 0.2) is 60.1 Å². The number of para-hydroxylation sites is 1. The fraction of sp³-hybridized carbons (Fsp3) is 0.367. The molecular formula is C30H35FN6O2S. The predicted octanol–water partition coefficient (Wildman–Crippen LogP) is 5.53. The number of urea groups is 1. The largest absolute Gasteiger partial charge is 0.361 e. The Morgan fingerprint density at radius 3 is 2.60 bits per heavy atom. The van der Waals surface area contributed by atoms with E-state index in [2.05, 4.69) is 20.6 Å². The van der Waals surface area contributed by atoms with Gasteiger partial charge in [-0.1, -0.05) is 37.3 Å². The second kappa shape index (κ2) is 12.2. The number of halogens is 1. The zero-order valence-electron chi connectivity index (χ0n) is 23.0. The van der Waals surface area contributed by atoms with Gasteiger partial charge in [-0.15, -0.1) is 11.3 Å². The van der Waals surface area contributed by atoms with E-state index in [4.69, 9.17) is 0 Å². The van der Waals surface area contributed by atoms with Gasteiger partial charge in [-0.25, -0.2) is 14.2 Å². The van der Waals surface area contributed by atoms with Crippen molar-refractivity contribution in [2.24, 2.45) is 0 Å². The molecule has 2 aromatic carbocycles. The smallest absolute Gasteiger partial charge is 0.318 e. The minimum Gasteiger partial charge on any atom is -0.361 e. The number of H-pyrrole nitrogens is 1. The lowest BCUT2D eigenvalue weighted by Gasteiger charge is -2.34. The highest BCUT2D eigenvalue weighted by molar-refractivity contribution is 7.13. The number of likely N-dealkylation sites (tertiary alicyclic amines) is 1. The van der Waals surface area contributed by atoms with Crippen LogP contribution in [0.5, 0.6) is 0 Å². The summed E-state index contributed by atoms with van der Waals surface area (Å²) < 4.78 is 13.3. The summed E-state index contributed by atoms with van der Waals surface area (Å²) in [6.07, 6.45) is 3.47. The first-order valence-electron chi connectivity index (χ1n) is 13.6. The van der Waals surface area contributed by atoms with Crippen LogP contribution in [-0.2, 0) is 11.3 Å². The molecule has 1 saturated heterocycles. The first kappa shape index (κ1) is 27.8. The van der Waals surface area contributed by atoms with Crippen LogP contribution in [0.25, 0.3) is 10.9 Å². The third kappa shape index (κ3) is 6.34. The van der Waals surface area contributed by atoms with Crippen molar-refractivity contribution in [3.8, 4) is 0 Å². The van der Waals surface area contributed by atoms with E-state index in [1.165, 1.54) is 23.5 Å². The molecule has 210 valence electrons. The molecule has 1 fully saturated rings. The standard InChI is InChI=1S/C30H35FN6O2S/c1-19(25-16-32-26-7-5-4-6-24(25)26)27(28(38)35-29-33-23(18-40-29)17-36(2)3)34-30(39)37-14-12-21(13-15-37)20-8-10-22(31)11-9-20/h4-11,16,18-19,21,27,32H,12-15,17H2,1-3H3,(H,34,39)(H,33,35,38)/t19-,27-/m1/s1. The van der Waals surface area contributed by atoms with Crippen LogP contribution < -0.4 is 10.6 Å². The number of thiazole rings is 1. The predicted molar refractivity (Wildman–Crippen MR) is 157 cm³/mol. The van der Waals surface area contributed by atoms with E-state index in [-0.39, 0.29) is 29.6 Å². The topological polar surface area (TPSA) is 93.4 Å². The van der Waals surface area contributed by atoms with Crippen molar-refractivity contribution in [2.75, 3.05) is 32.5 Å². The molecule has 3 heterocycles. The molecule has 3 N–H and O–H groups in total. The molecule has 2 atom stereocenters. The average Bonchev–Trinajstić information content (AvgIpc) is 3.58. The van der Waals surface area contributed by atoms with E-state index in [0.29, 0.717) is 24.8 Å². The van der Waals surface area contributed by atoms with E-state index in [1.54, 1.807) is 4.90 Å². The van der Waals surface area contributed by atoms with E-state index in [0.717, 1.165) is 40.6 Å². The Hall–Kier alpha value is -3.76. The van der Waals surface area contributed by atoms with Crippen molar-refractivity contribution >= 4 is 39.3 Å². The normalized spacial score (nSPS) is 15.8. The number of carbonyl (C=O) groups excluding carboxylic acids is 2. The molecule has 0 radical (unpaired) electrons. The van der Waals surface area contributed by atoms with Crippen molar-refractivity contribution in [3.05, 3.63) is 82.7 Å². The second-order valence-electron chi connectivity index (χ2n) is 10.7. The second-order valence-corrected chi connectivity index (χ2v) is 11.5. The Morgan fingerprint density at radius 1 is 1.15 bits per heavy atom. The lowest BCUT2D eigenvalue weighted by molar-refractivity contribution is -0.118. The van der Waals surface area contributed by atoms with Gasteiger partial charge in [0.15, 0.2) is 5.13 Å². The molecule has 10 heteroatoms. The number of nitrogens with one attached hydrogen (secondary N) is 3. The van der Waals surface area contributed by atoms with Gasteiger partial charge in [-0.2, -0.15) is 0 Å². The SMILES string of the molecule is C[C@H](c1c[nH]c2ccccc12)[C@@H](NC(=O)N1CCC(c2ccc(F)cc2)CC1)C(=O)Nc1nc(CN(C)C)cs1. The summed E-state index contributed by atoms with van der Waals surface area (Å²) in [5.41, 5.74) is 3.90. The molecule has 0 spiro atoms. The van der Waals surface area contributed by atoms with Crippen molar-refractivity contribution in [2.45, 2.75) is 44.2 Å². The van der Waals surface area contributed by atoms with Gasteiger partial charge in [-0.05, 0) is 62.2 Å². The van der Waals surface area contributed by atoms with Gasteiger partial charge < -0.3 is 25.4 Å². The Labute approximate surface area is 237 Å². The van der Waals surface area contributed by atoms with Crippen LogP contribution in [0, 0.1) is 5.82 Å². The fourth-order valence-electron chi connectivity index (χ4n) is 5.39. The first-order chi connectivity index (χ1) is 19.3. The van der Waals surface area contributed by atoms with Crippen molar-refractivity contribution in [1.82, 2.24) is 25.1 Å². The van der Waals surface area contributed by atoms with Crippen LogP contribution in [0.2, 0.25) is 0 Å². The molecule has 8 nitrogen and oxygen atoms in total. The highest BCUT2D eigenvalue weighted by Crippen LogP contribution is 2.30. The first-order valence-corrected chi connectivity index (χ1v) is 14.4. The quantitative estimate of drug-likeness (QED) is 0.264. The van der Waals surface area contributed by atoms with Gasteiger partial charge in [-0.3, -0.25) is 4.79 Å². The number of fused-ring (bicyclic) bond motifs is 1. The number of carbonyl (C=O) groups is 2. The minimum absolute atomic E-state index is 0.249. The van der Waals surface area contributed by atoms with Crippen LogP contribution in [0.4, 0.5) is 14.3 Å². The van der Waals surface area contributed by atoms with Crippen molar-refractivity contribution in [3.63, 3.8) is 0 Å². The summed E-state index contributed by atoms with van der Waals surface area (Å²) in [7, 11) is 3.93. The highest BCUT2D eigenvalue weighted by Gasteiger charge is 2.33. The Balaban J connectivity index is 1.31. The molecule has 0 bridgehead atoms. The van der Waals surface area contributed by atoms with Crippen LogP contribution >= 0.6 is 11.3 Å². The number of aromatic amines is 1. The van der Waals surface area contributed by atoms with Gasteiger partial charge in [0, 0.05) is 48.0 Å². The molecule has 1 aliphatic heterocycles. The summed E-state index contributed by atoms with van der Waals surface area (Å²) in [6.45, 7) is 3.75. The molecular weight excluding hydrogens is 527 g/mol. The maximum absolute atomic E-state index is 13.7. The minimum atomic E-state index is -0.817. The monoisotopic (exact) mass is 562 g/mol. The van der Waals surface area contributed by atoms with Gasteiger partial charge in [0.1, 0.15) is 11.9 Å². The van der Waals surface area contributed by atoms with Gasteiger partial charge in [0.05, 0.1) is 5.69 Å². The van der Waals surface area contributed by atoms with Crippen LogP contribution in [0.1, 0.15) is 48.4 Å². The van der Waals surface area contributed by atoms with Gasteiger partial charge in [0.25, 0.3) is 0 Å². The van der Waals surface area contributed by atoms with E-state index in [1.807, 2.05) is 73.9 Å². The number of rotatable bonds is 8.